The first-order valence-electron chi connectivity index (χ1n) is 18.7. The summed E-state index contributed by atoms with van der Waals surface area (Å²) in [6.45, 7) is 0. The summed E-state index contributed by atoms with van der Waals surface area (Å²) in [5.74, 6) is 0. The number of fused-ring (bicyclic) bond motifs is 7. The highest BCUT2D eigenvalue weighted by molar-refractivity contribution is 7.25. The van der Waals surface area contributed by atoms with Gasteiger partial charge in [-0.2, -0.15) is 0 Å². The highest BCUT2D eigenvalue weighted by Crippen LogP contribution is 2.43. The Morgan fingerprint density at radius 3 is 1.71 bits per heavy atom. The van der Waals surface area contributed by atoms with Crippen molar-refractivity contribution >= 4 is 81.3 Å². The molecule has 0 unspecified atom stereocenters. The normalized spacial score (nSPS) is 11.6. The van der Waals surface area contributed by atoms with Gasteiger partial charge in [-0.05, 0) is 117 Å². The molecule has 2 aromatic heterocycles. The second kappa shape index (κ2) is 12.9. The van der Waals surface area contributed by atoms with Crippen LogP contribution in [0, 0.1) is 0 Å². The fourth-order valence-corrected chi connectivity index (χ4v) is 9.28. The summed E-state index contributed by atoms with van der Waals surface area (Å²) in [5.41, 5.74) is 12.1. The average molecular weight is 720 g/mol. The van der Waals surface area contributed by atoms with Crippen LogP contribution in [0.15, 0.2) is 205 Å². The van der Waals surface area contributed by atoms with E-state index in [0.717, 1.165) is 50.1 Å². The summed E-state index contributed by atoms with van der Waals surface area (Å²) in [6, 6.07) is 72.4. The Morgan fingerprint density at radius 2 is 0.909 bits per heavy atom. The van der Waals surface area contributed by atoms with Gasteiger partial charge >= 0.3 is 0 Å². The summed E-state index contributed by atoms with van der Waals surface area (Å²) < 4.78 is 8.93. The van der Waals surface area contributed by atoms with E-state index >= 15 is 0 Å². The quantitative estimate of drug-likeness (QED) is 0.170. The van der Waals surface area contributed by atoms with E-state index in [-0.39, 0.29) is 0 Å². The zero-order valence-electron chi connectivity index (χ0n) is 29.8. The molecule has 0 aliphatic heterocycles. The standard InChI is InChI=1S/C52H33NOS/c1-2-12-35-29-38(26-25-34(35)11-1)36-13-7-16-41(30-36)53(42-17-8-14-37(31-42)39-27-28-51-47(33-39)45-19-4-6-24-50(45)55-51)43-18-9-15-40(32-43)44-21-10-23-49-52(44)46-20-3-5-22-48(46)54-49/h1-33H. The molecule has 2 nitrogen and oxygen atoms in total. The van der Waals surface area contributed by atoms with Gasteiger partial charge in [-0.15, -0.1) is 11.3 Å². The summed E-state index contributed by atoms with van der Waals surface area (Å²) in [5, 5.41) is 7.35. The molecule has 0 saturated carbocycles. The predicted octanol–water partition coefficient (Wildman–Crippen LogP) is 15.6. The Balaban J connectivity index is 1.08. The molecule has 0 aliphatic carbocycles. The molecule has 0 N–H and O–H groups in total. The maximum Gasteiger partial charge on any atom is 0.136 e. The average Bonchev–Trinajstić information content (AvgIpc) is 3.82. The van der Waals surface area contributed by atoms with Crippen molar-refractivity contribution in [1.82, 2.24) is 0 Å². The maximum absolute atomic E-state index is 6.30. The summed E-state index contributed by atoms with van der Waals surface area (Å²) >= 11 is 1.86. The van der Waals surface area contributed by atoms with E-state index in [0.29, 0.717) is 0 Å². The number of furan rings is 1. The molecule has 3 heteroatoms. The topological polar surface area (TPSA) is 16.4 Å². The van der Waals surface area contributed by atoms with Crippen molar-refractivity contribution in [3.8, 4) is 33.4 Å². The number of anilines is 3. The number of hydrogen-bond donors (Lipinski definition) is 0. The lowest BCUT2D eigenvalue weighted by atomic mass is 9.98. The number of nitrogens with zero attached hydrogens (tertiary/aromatic N) is 1. The van der Waals surface area contributed by atoms with Crippen LogP contribution in [0.5, 0.6) is 0 Å². The van der Waals surface area contributed by atoms with Gasteiger partial charge in [-0.1, -0.05) is 127 Å². The van der Waals surface area contributed by atoms with Crippen LogP contribution < -0.4 is 4.90 Å². The van der Waals surface area contributed by atoms with E-state index < -0.39 is 0 Å². The van der Waals surface area contributed by atoms with E-state index in [4.69, 9.17) is 4.42 Å². The van der Waals surface area contributed by atoms with Gasteiger partial charge in [0.2, 0.25) is 0 Å². The Hall–Kier alpha value is -6.94. The Kier molecular flexibility index (Phi) is 7.39. The zero-order chi connectivity index (χ0) is 36.3. The van der Waals surface area contributed by atoms with Crippen LogP contribution in [0.1, 0.15) is 0 Å². The molecule has 0 spiro atoms. The second-order valence-electron chi connectivity index (χ2n) is 14.1. The molecule has 11 aromatic rings. The number of para-hydroxylation sites is 1. The molecule has 0 bridgehead atoms. The minimum atomic E-state index is 0.895. The van der Waals surface area contributed by atoms with Crippen LogP contribution >= 0.6 is 11.3 Å². The number of rotatable bonds is 6. The number of thiophene rings is 1. The van der Waals surface area contributed by atoms with Crippen LogP contribution in [-0.4, -0.2) is 0 Å². The van der Waals surface area contributed by atoms with E-state index in [2.05, 4.69) is 193 Å². The van der Waals surface area contributed by atoms with Crippen molar-refractivity contribution in [2.45, 2.75) is 0 Å². The third-order valence-corrected chi connectivity index (χ3v) is 12.0. The molecule has 0 atom stereocenters. The molecule has 9 aromatic carbocycles. The Labute approximate surface area is 322 Å². The first kappa shape index (κ1) is 31.6. The Morgan fingerprint density at radius 1 is 0.345 bits per heavy atom. The van der Waals surface area contributed by atoms with Gasteiger partial charge in [0, 0.05) is 48.0 Å². The largest absolute Gasteiger partial charge is 0.456 e. The molecule has 2 heterocycles. The van der Waals surface area contributed by atoms with Crippen molar-refractivity contribution in [3.63, 3.8) is 0 Å². The molecule has 0 saturated heterocycles. The molecule has 11 rings (SSSR count). The molecule has 258 valence electrons. The van der Waals surface area contributed by atoms with E-state index in [9.17, 15) is 0 Å². The number of hydrogen-bond acceptors (Lipinski definition) is 3. The monoisotopic (exact) mass is 719 g/mol. The van der Waals surface area contributed by atoms with Gasteiger partial charge in [-0.25, -0.2) is 0 Å². The van der Waals surface area contributed by atoms with Gasteiger partial charge in [0.15, 0.2) is 0 Å². The highest BCUT2D eigenvalue weighted by atomic mass is 32.1. The van der Waals surface area contributed by atoms with Crippen LogP contribution in [-0.2, 0) is 0 Å². The van der Waals surface area contributed by atoms with E-state index in [1.165, 1.54) is 53.2 Å². The molecule has 0 amide bonds. The second-order valence-corrected chi connectivity index (χ2v) is 15.2. The molecule has 0 aliphatic rings. The van der Waals surface area contributed by atoms with Crippen LogP contribution in [0.3, 0.4) is 0 Å². The van der Waals surface area contributed by atoms with Gasteiger partial charge < -0.3 is 9.32 Å². The lowest BCUT2D eigenvalue weighted by molar-refractivity contribution is 0.669. The smallest absolute Gasteiger partial charge is 0.136 e. The van der Waals surface area contributed by atoms with Crippen LogP contribution in [0.25, 0.3) is 86.3 Å². The highest BCUT2D eigenvalue weighted by Gasteiger charge is 2.18. The van der Waals surface area contributed by atoms with Gasteiger partial charge in [0.1, 0.15) is 11.2 Å². The predicted molar refractivity (Wildman–Crippen MR) is 235 cm³/mol. The third kappa shape index (κ3) is 5.48. The number of benzene rings is 9. The van der Waals surface area contributed by atoms with Gasteiger partial charge in [0.25, 0.3) is 0 Å². The zero-order valence-corrected chi connectivity index (χ0v) is 30.6. The molecular weight excluding hydrogens is 687 g/mol. The van der Waals surface area contributed by atoms with Crippen molar-refractivity contribution in [2.24, 2.45) is 0 Å². The first-order chi connectivity index (χ1) is 27.2. The summed E-state index contributed by atoms with van der Waals surface area (Å²) in [4.78, 5) is 2.39. The van der Waals surface area contributed by atoms with Crippen molar-refractivity contribution in [1.29, 1.82) is 0 Å². The van der Waals surface area contributed by atoms with Crippen molar-refractivity contribution in [2.75, 3.05) is 4.90 Å². The molecular formula is C52H33NOS. The SMILES string of the molecule is c1cc(-c2ccc3ccccc3c2)cc(N(c2cccc(-c3ccc4sc5ccccc5c4c3)c2)c2cccc(-c3cccc4oc5ccccc5c34)c2)c1. The van der Waals surface area contributed by atoms with Crippen molar-refractivity contribution < 1.29 is 4.42 Å². The van der Waals surface area contributed by atoms with E-state index in [1.54, 1.807) is 0 Å². The summed E-state index contributed by atoms with van der Waals surface area (Å²) in [6.07, 6.45) is 0. The molecule has 0 radical (unpaired) electrons. The van der Waals surface area contributed by atoms with Gasteiger partial charge in [0.05, 0.1) is 0 Å². The van der Waals surface area contributed by atoms with Crippen LogP contribution in [0.4, 0.5) is 17.1 Å². The fourth-order valence-electron chi connectivity index (χ4n) is 8.20. The van der Waals surface area contributed by atoms with E-state index in [1.807, 2.05) is 23.5 Å². The lowest BCUT2D eigenvalue weighted by Crippen LogP contribution is -2.10. The minimum Gasteiger partial charge on any atom is -0.456 e. The molecule has 0 fully saturated rings. The minimum absolute atomic E-state index is 0.895. The third-order valence-electron chi connectivity index (χ3n) is 10.8. The van der Waals surface area contributed by atoms with Gasteiger partial charge in [-0.3, -0.25) is 0 Å². The lowest BCUT2D eigenvalue weighted by Gasteiger charge is -2.27. The first-order valence-corrected chi connectivity index (χ1v) is 19.5. The summed E-state index contributed by atoms with van der Waals surface area (Å²) in [7, 11) is 0. The molecule has 55 heavy (non-hydrogen) atoms. The fraction of sp³-hybridized carbons (Fsp3) is 0. The maximum atomic E-state index is 6.30. The van der Waals surface area contributed by atoms with Crippen LogP contribution in [0.2, 0.25) is 0 Å². The Bertz CT molecular complexity index is 3240. The van der Waals surface area contributed by atoms with Crippen molar-refractivity contribution in [3.05, 3.63) is 200 Å².